The van der Waals surface area contributed by atoms with Gasteiger partial charge in [0.2, 0.25) is 5.91 Å². The van der Waals surface area contributed by atoms with Gasteiger partial charge in [0.05, 0.1) is 17.7 Å². The molecule has 0 spiro atoms. The van der Waals surface area contributed by atoms with Crippen molar-refractivity contribution in [3.63, 3.8) is 0 Å². The number of amides is 2. The largest absolute Gasteiger partial charge is 0.497 e. The maximum atomic E-state index is 12.1. The van der Waals surface area contributed by atoms with E-state index in [1.165, 1.54) is 18.2 Å². The number of methoxy groups -OCH3 is 1. The molecule has 0 saturated heterocycles. The number of nitrogens with zero attached hydrogens (tertiary/aromatic N) is 1. The van der Waals surface area contributed by atoms with Gasteiger partial charge in [0.25, 0.3) is 5.69 Å². The fraction of sp³-hybridized carbons (Fsp3) is 0.200. The monoisotopic (exact) mass is 414 g/mol. The van der Waals surface area contributed by atoms with Crippen LogP contribution in [0.1, 0.15) is 18.1 Å². The summed E-state index contributed by atoms with van der Waals surface area (Å²) in [7, 11) is 1.56. The van der Waals surface area contributed by atoms with Crippen LogP contribution in [0.5, 0.6) is 5.75 Å². The number of aryl methyl sites for hydroxylation is 1. The molecular formula is C20H22N4O6. The molecular weight excluding hydrogens is 392 g/mol. The molecule has 10 heteroatoms. The fourth-order valence-corrected chi connectivity index (χ4v) is 2.32. The van der Waals surface area contributed by atoms with Crippen molar-refractivity contribution in [1.82, 2.24) is 10.9 Å². The second kappa shape index (κ2) is 10.5. The third-order valence-electron chi connectivity index (χ3n) is 3.93. The molecule has 158 valence electrons. The van der Waals surface area contributed by atoms with Crippen molar-refractivity contribution < 1.29 is 24.0 Å². The van der Waals surface area contributed by atoms with Crippen molar-refractivity contribution in [3.8, 4) is 5.75 Å². The van der Waals surface area contributed by atoms with E-state index >= 15 is 0 Å². The number of nitro benzene ring substituents is 1. The highest BCUT2D eigenvalue weighted by molar-refractivity contribution is 6.00. The maximum absolute atomic E-state index is 12.1. The van der Waals surface area contributed by atoms with Gasteiger partial charge in [-0.3, -0.25) is 14.9 Å². The van der Waals surface area contributed by atoms with E-state index in [1.54, 1.807) is 51.3 Å². The van der Waals surface area contributed by atoms with E-state index < -0.39 is 16.9 Å². The number of benzene rings is 2. The number of carbonyl (C=O) groups is 2. The fourth-order valence-electron chi connectivity index (χ4n) is 2.32. The zero-order valence-corrected chi connectivity index (χ0v) is 16.7. The van der Waals surface area contributed by atoms with Crippen LogP contribution in [0.3, 0.4) is 0 Å². The van der Waals surface area contributed by atoms with Gasteiger partial charge in [-0.1, -0.05) is 18.2 Å². The number of allylic oxidation sites excluding steroid dienone is 1. The number of non-ortho nitro benzene ring substituents is 1. The van der Waals surface area contributed by atoms with Crippen LogP contribution in [0.4, 0.5) is 16.2 Å². The average molecular weight is 414 g/mol. The van der Waals surface area contributed by atoms with Crippen LogP contribution < -0.4 is 20.9 Å². The van der Waals surface area contributed by atoms with E-state index in [1.807, 2.05) is 0 Å². The van der Waals surface area contributed by atoms with E-state index in [0.717, 1.165) is 5.56 Å². The first-order valence-electron chi connectivity index (χ1n) is 8.84. The Morgan fingerprint density at radius 3 is 2.47 bits per heavy atom. The summed E-state index contributed by atoms with van der Waals surface area (Å²) < 4.78 is 10.1. The summed E-state index contributed by atoms with van der Waals surface area (Å²) in [5.41, 5.74) is 6.83. The van der Waals surface area contributed by atoms with E-state index in [0.29, 0.717) is 22.7 Å². The quantitative estimate of drug-likeness (QED) is 0.343. The van der Waals surface area contributed by atoms with Crippen molar-refractivity contribution >= 4 is 23.4 Å². The summed E-state index contributed by atoms with van der Waals surface area (Å²) in [6, 6.07) is 11.2. The molecule has 0 aromatic heterocycles. The number of hydrazine groups is 1. The van der Waals surface area contributed by atoms with Gasteiger partial charge < -0.3 is 20.2 Å². The average Bonchev–Trinajstić information content (AvgIpc) is 2.72. The molecule has 0 fully saturated rings. The van der Waals surface area contributed by atoms with Gasteiger partial charge in [-0.25, -0.2) is 10.2 Å². The Bertz CT molecular complexity index is 956. The number of nitrogens with one attached hydrogen (secondary N) is 3. The van der Waals surface area contributed by atoms with Gasteiger partial charge in [-0.15, -0.1) is 0 Å². The van der Waals surface area contributed by atoms with Crippen LogP contribution in [0.25, 0.3) is 0 Å². The van der Waals surface area contributed by atoms with Gasteiger partial charge in [-0.2, -0.15) is 0 Å². The van der Waals surface area contributed by atoms with E-state index in [4.69, 9.17) is 9.47 Å². The van der Waals surface area contributed by atoms with Gasteiger partial charge >= 0.3 is 6.09 Å². The topological polar surface area (TPSA) is 132 Å². The summed E-state index contributed by atoms with van der Waals surface area (Å²) >= 11 is 0. The van der Waals surface area contributed by atoms with Crippen LogP contribution in [-0.2, 0) is 16.1 Å². The second-order valence-electron chi connectivity index (χ2n) is 6.25. The lowest BCUT2D eigenvalue weighted by molar-refractivity contribution is -0.384. The standard InChI is InChI=1S/C20H22N4O6/c1-13-4-7-16(24(27)28)11-18(13)21-19(25)10-14(2)22-23-20(26)30-12-15-5-8-17(29-3)9-6-15/h4-11,22H,12H2,1-3H3,(H,21,25)(H,23,26). The minimum absolute atomic E-state index is 0.0623. The molecule has 2 rings (SSSR count). The minimum atomic E-state index is -0.728. The molecule has 0 radical (unpaired) electrons. The number of anilines is 1. The Balaban J connectivity index is 1.82. The maximum Gasteiger partial charge on any atom is 0.426 e. The van der Waals surface area contributed by atoms with E-state index in [-0.39, 0.29) is 12.3 Å². The lowest BCUT2D eigenvalue weighted by Crippen LogP contribution is -2.36. The van der Waals surface area contributed by atoms with Gasteiger partial charge in [0.1, 0.15) is 12.4 Å². The summed E-state index contributed by atoms with van der Waals surface area (Å²) in [5, 5.41) is 13.4. The van der Waals surface area contributed by atoms with Crippen LogP contribution in [0.2, 0.25) is 0 Å². The zero-order valence-electron chi connectivity index (χ0n) is 16.7. The highest BCUT2D eigenvalue weighted by atomic mass is 16.6. The molecule has 2 aromatic carbocycles. The Morgan fingerprint density at radius 1 is 1.13 bits per heavy atom. The van der Waals surface area contributed by atoms with Crippen molar-refractivity contribution in [2.75, 3.05) is 12.4 Å². The van der Waals surface area contributed by atoms with Gasteiger partial charge in [0.15, 0.2) is 0 Å². The Labute approximate surface area is 173 Å². The molecule has 0 unspecified atom stereocenters. The Kier molecular flexibility index (Phi) is 7.74. The van der Waals surface area contributed by atoms with Crippen molar-refractivity contribution in [1.29, 1.82) is 0 Å². The van der Waals surface area contributed by atoms with E-state index in [2.05, 4.69) is 16.2 Å². The minimum Gasteiger partial charge on any atom is -0.497 e. The molecule has 2 aromatic rings. The van der Waals surface area contributed by atoms with Crippen molar-refractivity contribution in [2.45, 2.75) is 20.5 Å². The number of rotatable bonds is 8. The first-order chi connectivity index (χ1) is 14.3. The lowest BCUT2D eigenvalue weighted by atomic mass is 10.2. The highest BCUT2D eigenvalue weighted by Gasteiger charge is 2.10. The Hall–Kier alpha value is -4.08. The molecule has 2 amide bonds. The molecule has 10 nitrogen and oxygen atoms in total. The summed E-state index contributed by atoms with van der Waals surface area (Å²) in [6.07, 6.45) is 0.468. The Morgan fingerprint density at radius 2 is 1.83 bits per heavy atom. The highest BCUT2D eigenvalue weighted by Crippen LogP contribution is 2.21. The third kappa shape index (κ3) is 6.82. The molecule has 0 atom stereocenters. The molecule has 0 aliphatic carbocycles. The predicted molar refractivity (Wildman–Crippen MR) is 110 cm³/mol. The van der Waals surface area contributed by atoms with Crippen LogP contribution in [-0.4, -0.2) is 24.0 Å². The summed E-state index contributed by atoms with van der Waals surface area (Å²) in [6.45, 7) is 3.34. The molecule has 3 N–H and O–H groups in total. The molecule has 30 heavy (non-hydrogen) atoms. The SMILES string of the molecule is COc1ccc(COC(=O)NNC(C)=CC(=O)Nc2cc([N+](=O)[O-])ccc2C)cc1. The molecule has 0 bridgehead atoms. The van der Waals surface area contributed by atoms with Gasteiger partial charge in [-0.05, 0) is 37.1 Å². The smallest absolute Gasteiger partial charge is 0.426 e. The number of hydrogen-bond acceptors (Lipinski definition) is 7. The molecule has 0 aliphatic heterocycles. The second-order valence-corrected chi connectivity index (χ2v) is 6.25. The van der Waals surface area contributed by atoms with E-state index in [9.17, 15) is 19.7 Å². The normalized spacial score (nSPS) is 10.7. The lowest BCUT2D eigenvalue weighted by Gasteiger charge is -2.10. The van der Waals surface area contributed by atoms with Crippen molar-refractivity contribution in [2.24, 2.45) is 0 Å². The summed E-state index contributed by atoms with van der Waals surface area (Å²) in [5.74, 6) is 0.182. The van der Waals surface area contributed by atoms with Crippen LogP contribution in [0, 0.1) is 17.0 Å². The van der Waals surface area contributed by atoms with Gasteiger partial charge in [0, 0.05) is 23.9 Å². The van der Waals surface area contributed by atoms with Crippen LogP contribution in [0.15, 0.2) is 54.2 Å². The number of carbonyl (C=O) groups excluding carboxylic acids is 2. The number of nitro groups is 1. The van der Waals surface area contributed by atoms with Crippen molar-refractivity contribution in [3.05, 3.63) is 75.5 Å². The first kappa shape index (κ1) is 22.2. The van der Waals surface area contributed by atoms with Crippen LogP contribution >= 0.6 is 0 Å². The number of hydrogen-bond donors (Lipinski definition) is 3. The third-order valence-corrected chi connectivity index (χ3v) is 3.93. The molecule has 0 saturated carbocycles. The summed E-state index contributed by atoms with van der Waals surface area (Å²) in [4.78, 5) is 34.2. The molecule has 0 heterocycles. The zero-order chi connectivity index (χ0) is 22.1. The number of ether oxygens (including phenoxy) is 2. The predicted octanol–water partition coefficient (Wildman–Crippen LogP) is 3.19. The first-order valence-corrected chi connectivity index (χ1v) is 8.84. The molecule has 0 aliphatic rings.